The maximum atomic E-state index is 14.0. The lowest BCUT2D eigenvalue weighted by molar-refractivity contribution is -0.939. The molecule has 1 aliphatic carbocycles. The molecule has 1 saturated carbocycles. The number of aliphatic hydroxyl groups is 1. The summed E-state index contributed by atoms with van der Waals surface area (Å²) in [5.41, 5.74) is -1.82. The molecule has 3 atom stereocenters. The van der Waals surface area contributed by atoms with E-state index in [1.807, 2.05) is 0 Å². The fourth-order valence-electron chi connectivity index (χ4n) is 5.88. The number of halogens is 3. The van der Waals surface area contributed by atoms with Crippen molar-refractivity contribution in [2.75, 3.05) is 31.5 Å². The lowest BCUT2D eigenvalue weighted by atomic mass is 9.80. The highest BCUT2D eigenvalue weighted by Gasteiger charge is 2.56. The van der Waals surface area contributed by atoms with Crippen LogP contribution in [-0.2, 0) is 19.9 Å². The minimum atomic E-state index is -2.91. The second kappa shape index (κ2) is 10.3. The van der Waals surface area contributed by atoms with E-state index in [4.69, 9.17) is 4.74 Å². The van der Waals surface area contributed by atoms with Crippen LogP contribution in [0.4, 0.5) is 14.7 Å². The number of rotatable bonds is 7. The van der Waals surface area contributed by atoms with E-state index in [9.17, 15) is 23.5 Å². The number of nitrogens with zero attached hydrogens (tertiary/aromatic N) is 4. The van der Waals surface area contributed by atoms with E-state index in [2.05, 4.69) is 20.3 Å². The van der Waals surface area contributed by atoms with Gasteiger partial charge in [0.05, 0.1) is 13.1 Å². The fourth-order valence-corrected chi connectivity index (χ4v) is 6.59. The lowest BCUT2D eigenvalue weighted by Gasteiger charge is -2.51. The third-order valence-electron chi connectivity index (χ3n) is 7.79. The van der Waals surface area contributed by atoms with E-state index < -0.39 is 35.9 Å². The average Bonchev–Trinajstić information content (AvgIpc) is 3.50. The summed E-state index contributed by atoms with van der Waals surface area (Å²) in [6, 6.07) is 1.60. The molecule has 4 fully saturated rings. The predicted octanol–water partition coefficient (Wildman–Crippen LogP) is -0.649. The van der Waals surface area contributed by atoms with Crippen molar-refractivity contribution in [3.05, 3.63) is 35.0 Å². The second-order valence-electron chi connectivity index (χ2n) is 9.99. The number of esters is 1. The molecule has 36 heavy (non-hydrogen) atoms. The van der Waals surface area contributed by atoms with Crippen LogP contribution in [-0.4, -0.2) is 74.6 Å². The number of aromatic nitrogens is 3. The molecule has 9 nitrogen and oxygen atoms in total. The van der Waals surface area contributed by atoms with E-state index >= 15 is 0 Å². The summed E-state index contributed by atoms with van der Waals surface area (Å²) in [7, 11) is 0. The van der Waals surface area contributed by atoms with Gasteiger partial charge in [-0.3, -0.25) is 10.1 Å². The Morgan fingerprint density at radius 3 is 2.58 bits per heavy atom. The van der Waals surface area contributed by atoms with Crippen molar-refractivity contribution in [1.29, 1.82) is 0 Å². The van der Waals surface area contributed by atoms with Gasteiger partial charge in [0.15, 0.2) is 18.2 Å². The number of anilines is 1. The number of hydrogen-bond donors (Lipinski definition) is 2. The maximum Gasteiger partial charge on any atom is 0.343 e. The summed E-state index contributed by atoms with van der Waals surface area (Å²) in [5.74, 6) is -4.66. The molecule has 6 rings (SSSR count). The number of ether oxygens (including phenoxy) is 1. The molecule has 0 radical (unpaired) electrons. The van der Waals surface area contributed by atoms with Gasteiger partial charge in [0.1, 0.15) is 19.2 Å². The molecule has 0 spiro atoms. The Labute approximate surface area is 221 Å². The maximum absolute atomic E-state index is 14.0. The largest absolute Gasteiger partial charge is 1.00 e. The van der Waals surface area contributed by atoms with Gasteiger partial charge in [-0.25, -0.2) is 28.5 Å². The van der Waals surface area contributed by atoms with Crippen LogP contribution in [0.1, 0.15) is 37.7 Å². The number of fused-ring (bicyclic) bond motifs is 3. The first-order valence-corrected chi connectivity index (χ1v) is 12.7. The van der Waals surface area contributed by atoms with Gasteiger partial charge < -0.3 is 31.3 Å². The third-order valence-corrected chi connectivity index (χ3v) is 8.47. The number of amides is 1. The molecule has 3 aliphatic heterocycles. The Kier molecular flexibility index (Phi) is 7.75. The minimum Gasteiger partial charge on any atom is -1.00 e. The smallest absolute Gasteiger partial charge is 0.343 e. The first-order chi connectivity index (χ1) is 16.7. The van der Waals surface area contributed by atoms with E-state index in [-0.39, 0.29) is 54.1 Å². The van der Waals surface area contributed by atoms with E-state index in [1.54, 1.807) is 16.8 Å². The molecule has 2 aromatic rings. The van der Waals surface area contributed by atoms with Gasteiger partial charge in [0.2, 0.25) is 11.9 Å². The highest BCUT2D eigenvalue weighted by molar-refractivity contribution is 7.08. The summed E-state index contributed by atoms with van der Waals surface area (Å²) in [5, 5.41) is 17.6. The highest BCUT2D eigenvalue weighted by atomic mass is 79.9. The second-order valence-corrected chi connectivity index (χ2v) is 10.8. The fraction of sp³-hybridized carbons (Fsp3) is 0.609. The molecule has 196 valence electrons. The topological polar surface area (TPSA) is 114 Å². The number of carbonyl (C=O) groups excluding carboxylic acids is 2. The van der Waals surface area contributed by atoms with Crippen molar-refractivity contribution in [1.82, 2.24) is 15.0 Å². The zero-order chi connectivity index (χ0) is 24.7. The monoisotopic (exact) mass is 587 g/mol. The molecule has 0 aromatic carbocycles. The van der Waals surface area contributed by atoms with Crippen molar-refractivity contribution >= 4 is 29.2 Å². The molecule has 2 N–H and O–H groups in total. The van der Waals surface area contributed by atoms with Crippen LogP contribution in [0.3, 0.4) is 0 Å². The van der Waals surface area contributed by atoms with Gasteiger partial charge in [-0.2, -0.15) is 11.3 Å². The molecule has 5 heterocycles. The number of carbonyl (C=O) groups is 2. The lowest BCUT2D eigenvalue weighted by Crippen LogP contribution is -3.00. The van der Waals surface area contributed by atoms with Crippen molar-refractivity contribution < 1.29 is 49.7 Å². The van der Waals surface area contributed by atoms with E-state index in [0.717, 1.165) is 25.9 Å². The standard InChI is InChI=1S/C23H27F2N5O4S.BrH/c24-22(25)5-1-16(9-22)23(33,17-4-8-35-12-17)20(32)34-18-10-30(6-2-15(18)3-7-30)11-19(31)29-21-27-13-26-14-28-21;/h4,8,12-16,18,33H,1-3,5-7,9-11H2;1H/t15?,16?,18-,23?,30?;/m0./s1. The normalized spacial score (nSPS) is 30.1. The van der Waals surface area contributed by atoms with Gasteiger partial charge in [-0.1, -0.05) is 0 Å². The number of quaternary nitrogens is 1. The van der Waals surface area contributed by atoms with Crippen molar-refractivity contribution in [2.45, 2.75) is 49.7 Å². The zero-order valence-corrected chi connectivity index (χ0v) is 21.9. The predicted molar refractivity (Wildman–Crippen MR) is 121 cm³/mol. The van der Waals surface area contributed by atoms with Crippen LogP contribution in [0.15, 0.2) is 29.5 Å². The molecular formula is C23H28BrF2N5O4S. The van der Waals surface area contributed by atoms with Gasteiger partial charge in [-0.15, -0.1) is 0 Å². The number of thiophene rings is 1. The van der Waals surface area contributed by atoms with Gasteiger partial charge in [-0.05, 0) is 23.2 Å². The highest BCUT2D eigenvalue weighted by Crippen LogP contribution is 2.49. The van der Waals surface area contributed by atoms with Crippen molar-refractivity contribution in [3.8, 4) is 0 Å². The Balaban J connectivity index is 0.00000304. The van der Waals surface area contributed by atoms with E-state index in [0.29, 0.717) is 16.6 Å². The number of hydrogen-bond acceptors (Lipinski definition) is 8. The van der Waals surface area contributed by atoms with Crippen LogP contribution in [0.2, 0.25) is 0 Å². The SMILES string of the molecule is O=C(C[N+]12CCC(CC1)[C@@H](OC(=O)C(O)(c1ccsc1)C1CCC(F)(F)C1)C2)Nc1ncncn1.[Br-]. The molecule has 1 amide bonds. The Hall–Kier alpha value is -2.09. The molecule has 3 saturated heterocycles. The molecule has 4 aliphatic rings. The summed E-state index contributed by atoms with van der Waals surface area (Å²) in [6.07, 6.45) is 2.77. The summed E-state index contributed by atoms with van der Waals surface area (Å²) in [4.78, 5) is 37.7. The van der Waals surface area contributed by atoms with Crippen molar-refractivity contribution in [3.63, 3.8) is 0 Å². The first-order valence-electron chi connectivity index (χ1n) is 11.8. The number of nitrogens with one attached hydrogen (secondary N) is 1. The van der Waals surface area contributed by atoms with Gasteiger partial charge in [0, 0.05) is 43.1 Å². The van der Waals surface area contributed by atoms with Gasteiger partial charge >= 0.3 is 5.97 Å². The zero-order valence-electron chi connectivity index (χ0n) is 19.5. The van der Waals surface area contributed by atoms with Crippen LogP contribution >= 0.6 is 11.3 Å². The minimum absolute atomic E-state index is 0. The molecule has 2 unspecified atom stereocenters. The summed E-state index contributed by atoms with van der Waals surface area (Å²) < 4.78 is 34.4. The first kappa shape index (κ1) is 27.0. The summed E-state index contributed by atoms with van der Waals surface area (Å²) in [6.45, 7) is 2.15. The molecular weight excluding hydrogens is 560 g/mol. The Morgan fingerprint density at radius 1 is 1.25 bits per heavy atom. The van der Waals surface area contributed by atoms with Crippen LogP contribution in [0.5, 0.6) is 0 Å². The average molecular weight is 588 g/mol. The molecule has 2 aromatic heterocycles. The quantitative estimate of drug-likeness (QED) is 0.327. The summed E-state index contributed by atoms with van der Waals surface area (Å²) >= 11 is 1.29. The third kappa shape index (κ3) is 5.29. The number of alkyl halides is 2. The van der Waals surface area contributed by atoms with Crippen LogP contribution in [0.25, 0.3) is 0 Å². The Bertz CT molecular complexity index is 1070. The van der Waals surface area contributed by atoms with Crippen molar-refractivity contribution in [2.24, 2.45) is 11.8 Å². The van der Waals surface area contributed by atoms with E-state index in [1.165, 1.54) is 24.0 Å². The van der Waals surface area contributed by atoms with Crippen LogP contribution in [0, 0.1) is 11.8 Å². The Morgan fingerprint density at radius 2 is 1.97 bits per heavy atom. The molecule has 2 bridgehead atoms. The number of piperidine rings is 3. The van der Waals surface area contributed by atoms with Crippen LogP contribution < -0.4 is 22.3 Å². The molecule has 13 heteroatoms. The van der Waals surface area contributed by atoms with Gasteiger partial charge in [0.25, 0.3) is 5.91 Å².